The maximum absolute atomic E-state index is 11.9. The second-order valence-corrected chi connectivity index (χ2v) is 4.91. The summed E-state index contributed by atoms with van der Waals surface area (Å²) in [4.78, 5) is 13.4. The topological polar surface area (TPSA) is 29.5 Å². The van der Waals surface area contributed by atoms with Crippen molar-refractivity contribution >= 4 is 5.91 Å². The minimum absolute atomic E-state index is 0.0418. The molecule has 0 unspecified atom stereocenters. The molecule has 0 saturated heterocycles. The number of amides is 1. The van der Waals surface area contributed by atoms with Crippen LogP contribution in [0.15, 0.2) is 24.3 Å². The highest BCUT2D eigenvalue weighted by Crippen LogP contribution is 2.23. The molecule has 1 aromatic rings. The zero-order chi connectivity index (χ0) is 12.3. The Morgan fingerprint density at radius 1 is 1.19 bits per heavy atom. The summed E-state index contributed by atoms with van der Waals surface area (Å²) >= 11 is 0. The van der Waals surface area contributed by atoms with Crippen molar-refractivity contribution in [1.29, 1.82) is 0 Å². The highest BCUT2D eigenvalue weighted by atomic mass is 16.5. The molecular formula is C13H19NO2. The maximum atomic E-state index is 11.9. The third kappa shape index (κ3) is 3.26. The first kappa shape index (κ1) is 12.6. The zero-order valence-electron chi connectivity index (χ0n) is 10.6. The minimum atomic E-state index is -0.303. The molecule has 0 atom stereocenters. The van der Waals surface area contributed by atoms with Crippen LogP contribution in [0, 0.1) is 0 Å². The van der Waals surface area contributed by atoms with Gasteiger partial charge in [0.05, 0.1) is 5.56 Å². The largest absolute Gasteiger partial charge is 0.487 e. The smallest absolute Gasteiger partial charge is 0.257 e. The molecule has 0 saturated carbocycles. The van der Waals surface area contributed by atoms with Crippen LogP contribution in [0.3, 0.4) is 0 Å². The molecule has 0 heterocycles. The number of ether oxygens (including phenoxy) is 1. The molecule has 0 bridgehead atoms. The van der Waals surface area contributed by atoms with E-state index in [0.717, 1.165) is 0 Å². The molecule has 0 aliphatic rings. The Bertz CT molecular complexity index is 378. The van der Waals surface area contributed by atoms with Crippen molar-refractivity contribution < 1.29 is 9.53 Å². The van der Waals surface area contributed by atoms with Crippen molar-refractivity contribution in [3.8, 4) is 5.75 Å². The SMILES string of the molecule is CN(C)C(=O)c1ccccc1OC(C)(C)C. The van der Waals surface area contributed by atoms with Crippen LogP contribution in [0.2, 0.25) is 0 Å². The van der Waals surface area contributed by atoms with Crippen molar-refractivity contribution in [2.24, 2.45) is 0 Å². The predicted octanol–water partition coefficient (Wildman–Crippen LogP) is 2.57. The molecule has 1 aromatic carbocycles. The summed E-state index contributed by atoms with van der Waals surface area (Å²) in [5.41, 5.74) is 0.297. The van der Waals surface area contributed by atoms with Crippen LogP contribution < -0.4 is 4.74 Å². The van der Waals surface area contributed by atoms with Gasteiger partial charge >= 0.3 is 0 Å². The van der Waals surface area contributed by atoms with E-state index < -0.39 is 0 Å². The quantitative estimate of drug-likeness (QED) is 0.768. The van der Waals surface area contributed by atoms with Gasteiger partial charge in [-0.1, -0.05) is 12.1 Å². The number of carbonyl (C=O) groups excluding carboxylic acids is 1. The first-order valence-electron chi connectivity index (χ1n) is 5.31. The van der Waals surface area contributed by atoms with Gasteiger partial charge in [-0.15, -0.1) is 0 Å². The fraction of sp³-hybridized carbons (Fsp3) is 0.462. The van der Waals surface area contributed by atoms with Gasteiger partial charge in [-0.25, -0.2) is 0 Å². The van der Waals surface area contributed by atoms with Crippen molar-refractivity contribution in [1.82, 2.24) is 4.90 Å². The second kappa shape index (κ2) is 4.56. The first-order valence-corrected chi connectivity index (χ1v) is 5.31. The molecule has 0 aliphatic heterocycles. The highest BCUT2D eigenvalue weighted by Gasteiger charge is 2.18. The molecule has 0 radical (unpaired) electrons. The summed E-state index contributed by atoms with van der Waals surface area (Å²) in [7, 11) is 3.46. The van der Waals surface area contributed by atoms with E-state index in [1.165, 1.54) is 0 Å². The number of benzene rings is 1. The van der Waals surface area contributed by atoms with Crippen molar-refractivity contribution in [2.75, 3.05) is 14.1 Å². The van der Waals surface area contributed by atoms with E-state index in [0.29, 0.717) is 11.3 Å². The van der Waals surface area contributed by atoms with Gasteiger partial charge in [0.25, 0.3) is 5.91 Å². The molecule has 1 amide bonds. The van der Waals surface area contributed by atoms with E-state index in [9.17, 15) is 4.79 Å². The van der Waals surface area contributed by atoms with Gasteiger partial charge < -0.3 is 9.64 Å². The van der Waals surface area contributed by atoms with E-state index >= 15 is 0 Å². The zero-order valence-corrected chi connectivity index (χ0v) is 10.6. The minimum Gasteiger partial charge on any atom is -0.487 e. The Morgan fingerprint density at radius 3 is 2.25 bits per heavy atom. The number of rotatable bonds is 2. The van der Waals surface area contributed by atoms with E-state index in [1.807, 2.05) is 39.0 Å². The third-order valence-corrected chi connectivity index (χ3v) is 1.94. The second-order valence-electron chi connectivity index (χ2n) is 4.91. The van der Waals surface area contributed by atoms with E-state index in [-0.39, 0.29) is 11.5 Å². The van der Waals surface area contributed by atoms with Gasteiger partial charge in [-0.2, -0.15) is 0 Å². The molecular weight excluding hydrogens is 202 g/mol. The average Bonchev–Trinajstić information content (AvgIpc) is 2.15. The maximum Gasteiger partial charge on any atom is 0.257 e. The number of para-hydroxylation sites is 1. The van der Waals surface area contributed by atoms with Crippen LogP contribution in [0.25, 0.3) is 0 Å². The number of hydrogen-bond donors (Lipinski definition) is 0. The predicted molar refractivity (Wildman–Crippen MR) is 64.8 cm³/mol. The summed E-state index contributed by atoms with van der Waals surface area (Å²) in [5.74, 6) is 0.591. The van der Waals surface area contributed by atoms with Crippen LogP contribution in [-0.2, 0) is 0 Å². The van der Waals surface area contributed by atoms with Crippen molar-refractivity contribution in [3.05, 3.63) is 29.8 Å². The molecule has 16 heavy (non-hydrogen) atoms. The molecule has 0 spiro atoms. The van der Waals surface area contributed by atoms with Crippen LogP contribution in [0.5, 0.6) is 5.75 Å². The van der Waals surface area contributed by atoms with Gasteiger partial charge in [0.15, 0.2) is 0 Å². The lowest BCUT2D eigenvalue weighted by Crippen LogP contribution is -2.27. The molecule has 1 rings (SSSR count). The average molecular weight is 221 g/mol. The lowest BCUT2D eigenvalue weighted by atomic mass is 10.1. The van der Waals surface area contributed by atoms with Gasteiger partial charge in [0.2, 0.25) is 0 Å². The van der Waals surface area contributed by atoms with E-state index in [2.05, 4.69) is 0 Å². The molecule has 0 N–H and O–H groups in total. The summed E-state index contributed by atoms with van der Waals surface area (Å²) in [6.45, 7) is 5.89. The standard InChI is InChI=1S/C13H19NO2/c1-13(2,3)16-11-9-7-6-8-10(11)12(15)14(4)5/h6-9H,1-5H3. The summed E-state index contributed by atoms with van der Waals surface area (Å²) in [6.07, 6.45) is 0. The first-order chi connectivity index (χ1) is 7.31. The molecule has 3 heteroatoms. The summed E-state index contributed by atoms with van der Waals surface area (Å²) < 4.78 is 5.76. The molecule has 0 aromatic heterocycles. The molecule has 0 fully saturated rings. The molecule has 0 aliphatic carbocycles. The molecule has 3 nitrogen and oxygen atoms in total. The summed E-state index contributed by atoms with van der Waals surface area (Å²) in [6, 6.07) is 7.31. The lowest BCUT2D eigenvalue weighted by Gasteiger charge is -2.23. The normalized spacial score (nSPS) is 11.1. The van der Waals surface area contributed by atoms with Crippen LogP contribution in [0.1, 0.15) is 31.1 Å². The van der Waals surface area contributed by atoms with Crippen LogP contribution in [-0.4, -0.2) is 30.5 Å². The Balaban J connectivity index is 3.06. The van der Waals surface area contributed by atoms with Gasteiger partial charge in [0.1, 0.15) is 11.4 Å². The van der Waals surface area contributed by atoms with Crippen molar-refractivity contribution in [3.63, 3.8) is 0 Å². The lowest BCUT2D eigenvalue weighted by molar-refractivity contribution is 0.0809. The van der Waals surface area contributed by atoms with Gasteiger partial charge in [-0.3, -0.25) is 4.79 Å². The fourth-order valence-corrected chi connectivity index (χ4v) is 1.30. The number of hydrogen-bond acceptors (Lipinski definition) is 2. The Morgan fingerprint density at radius 2 is 1.75 bits per heavy atom. The monoisotopic (exact) mass is 221 g/mol. The van der Waals surface area contributed by atoms with Gasteiger partial charge in [-0.05, 0) is 32.9 Å². The Labute approximate surface area is 97.0 Å². The van der Waals surface area contributed by atoms with E-state index in [1.54, 1.807) is 25.1 Å². The molecule has 88 valence electrons. The number of carbonyl (C=O) groups is 1. The summed E-state index contributed by atoms with van der Waals surface area (Å²) in [5, 5.41) is 0. The van der Waals surface area contributed by atoms with Gasteiger partial charge in [0, 0.05) is 14.1 Å². The third-order valence-electron chi connectivity index (χ3n) is 1.94. The highest BCUT2D eigenvalue weighted by molar-refractivity contribution is 5.96. The van der Waals surface area contributed by atoms with Crippen LogP contribution in [0.4, 0.5) is 0 Å². The van der Waals surface area contributed by atoms with Crippen molar-refractivity contribution in [2.45, 2.75) is 26.4 Å². The fourth-order valence-electron chi connectivity index (χ4n) is 1.30. The Hall–Kier alpha value is -1.51. The van der Waals surface area contributed by atoms with E-state index in [4.69, 9.17) is 4.74 Å². The Kier molecular flexibility index (Phi) is 3.58. The van der Waals surface area contributed by atoms with Crippen LogP contribution >= 0.6 is 0 Å². The number of nitrogens with zero attached hydrogens (tertiary/aromatic N) is 1.